The maximum atomic E-state index is 12.5. The number of fused-ring (bicyclic) bond motifs is 1. The van der Waals surface area contributed by atoms with Gasteiger partial charge in [0.25, 0.3) is 5.91 Å². The van der Waals surface area contributed by atoms with E-state index in [4.69, 9.17) is 21.1 Å². The van der Waals surface area contributed by atoms with Crippen LogP contribution in [-0.4, -0.2) is 40.3 Å². The molecule has 2 aromatic rings. The van der Waals surface area contributed by atoms with Crippen LogP contribution in [-0.2, 0) is 6.42 Å². The second-order valence-electron chi connectivity index (χ2n) is 7.04. The topological polar surface area (TPSA) is 59.1 Å². The van der Waals surface area contributed by atoms with E-state index in [1.807, 2.05) is 26.0 Å². The van der Waals surface area contributed by atoms with E-state index < -0.39 is 6.09 Å². The van der Waals surface area contributed by atoms with Gasteiger partial charge in [-0.2, -0.15) is 0 Å². The Labute approximate surface area is 173 Å². The molecule has 0 aromatic heterocycles. The van der Waals surface area contributed by atoms with Gasteiger partial charge in [0.15, 0.2) is 11.5 Å². The fourth-order valence-electron chi connectivity index (χ4n) is 2.85. The Morgan fingerprint density at radius 2 is 1.79 bits per heavy atom. The number of para-hydroxylation sites is 1. The Hall–Kier alpha value is -2.38. The third-order valence-electron chi connectivity index (χ3n) is 4.13. The first-order valence-corrected chi connectivity index (χ1v) is 9.75. The summed E-state index contributed by atoms with van der Waals surface area (Å²) >= 11 is 6.78. The highest BCUT2D eigenvalue weighted by molar-refractivity contribution is 7.95. The van der Waals surface area contributed by atoms with E-state index in [-0.39, 0.29) is 11.5 Å². The Bertz CT molecular complexity index is 902. The second-order valence-corrected chi connectivity index (χ2v) is 8.73. The fourth-order valence-corrected chi connectivity index (χ4v) is 3.63. The molecule has 2 aromatic carbocycles. The average Bonchev–Trinajstić information content (AvgIpc) is 2.96. The molecule has 3 rings (SSSR count). The van der Waals surface area contributed by atoms with Gasteiger partial charge in [0.1, 0.15) is 5.60 Å². The molecule has 1 heterocycles. The van der Waals surface area contributed by atoms with Crippen molar-refractivity contribution in [3.05, 3.63) is 58.6 Å². The summed E-state index contributed by atoms with van der Waals surface area (Å²) in [5.41, 5.74) is 1.13. The molecule has 2 amide bonds. The number of ether oxygens (including phenoxy) is 2. The minimum Gasteiger partial charge on any atom is -0.483 e. The summed E-state index contributed by atoms with van der Waals surface area (Å²) in [5.74, 6) is 0.698. The first kappa shape index (κ1) is 20.4. The molecule has 0 bridgehead atoms. The normalized spacial score (nSPS) is 14.0. The van der Waals surface area contributed by atoms with Crippen LogP contribution in [0, 0.1) is 0 Å². The molecule has 6 nitrogen and oxygen atoms in total. The number of hydrogen-bond acceptors (Lipinski definition) is 5. The second kappa shape index (κ2) is 7.93. The molecule has 1 aliphatic heterocycles. The van der Waals surface area contributed by atoms with Gasteiger partial charge in [-0.1, -0.05) is 23.7 Å². The number of benzene rings is 2. The largest absolute Gasteiger partial charge is 0.483 e. The zero-order chi connectivity index (χ0) is 20.5. The summed E-state index contributed by atoms with van der Waals surface area (Å²) in [7, 11) is 3.11. The van der Waals surface area contributed by atoms with E-state index in [0.717, 1.165) is 24.1 Å². The summed E-state index contributed by atoms with van der Waals surface area (Å²) in [6.45, 7) is 3.97. The Kier molecular flexibility index (Phi) is 5.76. The molecule has 0 atom stereocenters. The van der Waals surface area contributed by atoms with Crippen molar-refractivity contribution in [1.82, 2.24) is 8.61 Å². The highest BCUT2D eigenvalue weighted by Gasteiger charge is 2.33. The van der Waals surface area contributed by atoms with E-state index in [1.54, 1.807) is 37.4 Å². The zero-order valence-corrected chi connectivity index (χ0v) is 17.6. The van der Waals surface area contributed by atoms with Gasteiger partial charge in [-0.25, -0.2) is 9.10 Å². The molecule has 0 unspecified atom stereocenters. The van der Waals surface area contributed by atoms with Crippen LogP contribution in [0.5, 0.6) is 11.5 Å². The molecule has 28 heavy (non-hydrogen) atoms. The number of halogens is 1. The third kappa shape index (κ3) is 4.54. The Morgan fingerprint density at radius 3 is 2.46 bits per heavy atom. The number of carbonyl (C=O) groups excluding carboxylic acids is 2. The lowest BCUT2D eigenvalue weighted by molar-refractivity contribution is 0.0889. The van der Waals surface area contributed by atoms with Crippen molar-refractivity contribution in [3.63, 3.8) is 0 Å². The van der Waals surface area contributed by atoms with E-state index in [9.17, 15) is 9.59 Å². The zero-order valence-electron chi connectivity index (χ0n) is 16.1. The van der Waals surface area contributed by atoms with Crippen molar-refractivity contribution in [2.45, 2.75) is 25.9 Å². The van der Waals surface area contributed by atoms with Crippen molar-refractivity contribution >= 4 is 35.7 Å². The highest BCUT2D eigenvalue weighted by atomic mass is 35.5. The van der Waals surface area contributed by atoms with Crippen LogP contribution in [0.2, 0.25) is 5.02 Å². The van der Waals surface area contributed by atoms with E-state index in [0.29, 0.717) is 22.1 Å². The number of rotatable bonds is 4. The Balaban J connectivity index is 1.63. The number of hydrogen-bond donors (Lipinski definition) is 0. The molecule has 0 saturated carbocycles. The summed E-state index contributed by atoms with van der Waals surface area (Å²) < 4.78 is 14.0. The molecule has 148 valence electrons. The highest BCUT2D eigenvalue weighted by Crippen LogP contribution is 2.42. The number of carbonyl (C=O) groups is 2. The molecule has 1 aliphatic rings. The molecule has 0 fully saturated rings. The van der Waals surface area contributed by atoms with E-state index >= 15 is 0 Å². The van der Waals surface area contributed by atoms with E-state index in [2.05, 4.69) is 0 Å². The molecule has 8 heteroatoms. The lowest BCUT2D eigenvalue weighted by Gasteiger charge is -2.22. The van der Waals surface area contributed by atoms with Crippen molar-refractivity contribution < 1.29 is 19.1 Å². The molecular formula is C20H21ClN2O4S. The van der Waals surface area contributed by atoms with Gasteiger partial charge < -0.3 is 9.47 Å². The van der Waals surface area contributed by atoms with Crippen LogP contribution in [0.3, 0.4) is 0 Å². The van der Waals surface area contributed by atoms with Crippen molar-refractivity contribution in [1.29, 1.82) is 0 Å². The van der Waals surface area contributed by atoms with Crippen LogP contribution >= 0.6 is 23.7 Å². The molecule has 0 spiro atoms. The van der Waals surface area contributed by atoms with Crippen molar-refractivity contribution in [2.75, 3.05) is 14.1 Å². The summed E-state index contributed by atoms with van der Waals surface area (Å²) in [4.78, 5) is 24.9. The third-order valence-corrected chi connectivity index (χ3v) is 5.19. The molecule has 0 aliphatic carbocycles. The van der Waals surface area contributed by atoms with Crippen molar-refractivity contribution in [2.24, 2.45) is 0 Å². The quantitative estimate of drug-likeness (QED) is 0.663. The van der Waals surface area contributed by atoms with Crippen LogP contribution in [0.1, 0.15) is 29.8 Å². The lowest BCUT2D eigenvalue weighted by Crippen LogP contribution is -2.31. The van der Waals surface area contributed by atoms with Gasteiger partial charge in [-0.15, -0.1) is 0 Å². The summed E-state index contributed by atoms with van der Waals surface area (Å²) in [5, 5.41) is 0.549. The Morgan fingerprint density at radius 1 is 1.11 bits per heavy atom. The first-order chi connectivity index (χ1) is 13.2. The van der Waals surface area contributed by atoms with E-state index in [1.165, 1.54) is 15.7 Å². The van der Waals surface area contributed by atoms with Crippen LogP contribution < -0.4 is 9.47 Å². The van der Waals surface area contributed by atoms with Crippen LogP contribution in [0.4, 0.5) is 4.79 Å². The van der Waals surface area contributed by atoms with Gasteiger partial charge in [0.2, 0.25) is 0 Å². The van der Waals surface area contributed by atoms with Gasteiger partial charge in [0, 0.05) is 36.7 Å². The maximum absolute atomic E-state index is 12.5. The maximum Gasteiger partial charge on any atom is 0.426 e. The lowest BCUT2D eigenvalue weighted by atomic mass is 10.0. The van der Waals surface area contributed by atoms with Gasteiger partial charge in [-0.3, -0.25) is 9.10 Å². The van der Waals surface area contributed by atoms with Gasteiger partial charge in [-0.05, 0) is 44.2 Å². The van der Waals surface area contributed by atoms with Gasteiger partial charge >= 0.3 is 6.09 Å². The minimum absolute atomic E-state index is 0.257. The summed E-state index contributed by atoms with van der Waals surface area (Å²) in [6.07, 6.45) is 0.138. The molecule has 0 radical (unpaired) electrons. The molecule has 0 N–H and O–H groups in total. The number of amides is 2. The predicted octanol–water partition coefficient (Wildman–Crippen LogP) is 4.82. The van der Waals surface area contributed by atoms with Crippen molar-refractivity contribution in [3.8, 4) is 11.5 Å². The smallest absolute Gasteiger partial charge is 0.426 e. The number of nitrogens with zero attached hydrogens (tertiary/aromatic N) is 2. The molecular weight excluding hydrogens is 400 g/mol. The molecule has 0 saturated heterocycles. The monoisotopic (exact) mass is 420 g/mol. The predicted molar refractivity (Wildman–Crippen MR) is 110 cm³/mol. The first-order valence-electron chi connectivity index (χ1n) is 8.64. The average molecular weight is 421 g/mol. The fraction of sp³-hybridized carbons (Fsp3) is 0.300. The summed E-state index contributed by atoms with van der Waals surface area (Å²) in [6, 6.07) is 12.0. The standard InChI is InChI=1S/C20H21ClN2O4S/c1-20(2)12-14-6-5-7-16(17(14)27-20)26-19(25)23(4)28-22(3)18(24)13-8-10-15(21)11-9-13/h5-11H,12H2,1-4H3. The van der Waals surface area contributed by atoms with Gasteiger partial charge in [0.05, 0.1) is 12.1 Å². The van der Waals surface area contributed by atoms with Crippen LogP contribution in [0.15, 0.2) is 42.5 Å². The van der Waals surface area contributed by atoms with Crippen LogP contribution in [0.25, 0.3) is 0 Å². The minimum atomic E-state index is -0.609. The SMILES string of the molecule is CN(SN(C)C(=O)c1ccc(Cl)cc1)C(=O)Oc1cccc2c1OC(C)(C)C2.